The van der Waals surface area contributed by atoms with Gasteiger partial charge < -0.3 is 15.4 Å². The van der Waals surface area contributed by atoms with Gasteiger partial charge in [0.2, 0.25) is 0 Å². The van der Waals surface area contributed by atoms with Crippen LogP contribution in [-0.2, 0) is 4.74 Å². The standard InChI is InChI=1S/C19H39N3OS.HI/c1-3-20-19(22-15-9-11-17-24-2)21-14-8-10-16-23-18-12-6-4-5-7-13-18;/h18H,3-17H2,1-2H3,(H2,20,21,22);1H. The summed E-state index contributed by atoms with van der Waals surface area (Å²) in [6.45, 7) is 5.83. The zero-order valence-electron chi connectivity index (χ0n) is 16.4. The fourth-order valence-corrected chi connectivity index (χ4v) is 3.48. The van der Waals surface area contributed by atoms with Gasteiger partial charge in [-0.05, 0) is 57.5 Å². The largest absolute Gasteiger partial charge is 0.378 e. The van der Waals surface area contributed by atoms with Crippen molar-refractivity contribution in [3.63, 3.8) is 0 Å². The van der Waals surface area contributed by atoms with E-state index in [1.807, 2.05) is 11.8 Å². The normalized spacial score (nSPS) is 16.2. The van der Waals surface area contributed by atoms with Crippen LogP contribution < -0.4 is 10.6 Å². The number of nitrogens with one attached hydrogen (secondary N) is 2. The number of hydrogen-bond acceptors (Lipinski definition) is 3. The lowest BCUT2D eigenvalue weighted by Gasteiger charge is -2.15. The first-order chi connectivity index (χ1) is 11.9. The van der Waals surface area contributed by atoms with Gasteiger partial charge in [-0.2, -0.15) is 11.8 Å². The van der Waals surface area contributed by atoms with Crippen LogP contribution >= 0.6 is 35.7 Å². The molecule has 1 saturated carbocycles. The SMILES string of the molecule is CCNC(=NCCCCOC1CCCCCC1)NCCCCSC.I. The molecule has 0 aromatic carbocycles. The van der Waals surface area contributed by atoms with Gasteiger partial charge in [0.1, 0.15) is 0 Å². The molecule has 0 aromatic heterocycles. The van der Waals surface area contributed by atoms with Crippen LogP contribution in [0.2, 0.25) is 0 Å². The minimum atomic E-state index is 0. The molecule has 1 fully saturated rings. The van der Waals surface area contributed by atoms with E-state index in [1.165, 1.54) is 57.1 Å². The lowest BCUT2D eigenvalue weighted by atomic mass is 10.1. The highest BCUT2D eigenvalue weighted by molar-refractivity contribution is 14.0. The Balaban J connectivity index is 0.00000576. The Morgan fingerprint density at radius 2 is 1.80 bits per heavy atom. The molecule has 0 radical (unpaired) electrons. The van der Waals surface area contributed by atoms with Crippen molar-refractivity contribution in [3.8, 4) is 0 Å². The third-order valence-corrected chi connectivity index (χ3v) is 5.09. The van der Waals surface area contributed by atoms with E-state index in [-0.39, 0.29) is 24.0 Å². The van der Waals surface area contributed by atoms with E-state index in [2.05, 4.69) is 28.8 Å². The van der Waals surface area contributed by atoms with Gasteiger partial charge in [-0.15, -0.1) is 24.0 Å². The predicted octanol–water partition coefficient (Wildman–Crippen LogP) is 4.82. The third-order valence-electron chi connectivity index (χ3n) is 4.39. The molecule has 150 valence electrons. The number of guanidine groups is 1. The smallest absolute Gasteiger partial charge is 0.191 e. The first-order valence-corrected chi connectivity index (χ1v) is 11.4. The van der Waals surface area contributed by atoms with Gasteiger partial charge >= 0.3 is 0 Å². The summed E-state index contributed by atoms with van der Waals surface area (Å²) < 4.78 is 6.04. The lowest BCUT2D eigenvalue weighted by molar-refractivity contribution is 0.0413. The zero-order valence-corrected chi connectivity index (χ0v) is 19.5. The summed E-state index contributed by atoms with van der Waals surface area (Å²) in [4.78, 5) is 4.66. The van der Waals surface area contributed by atoms with E-state index in [9.17, 15) is 0 Å². The first-order valence-electron chi connectivity index (χ1n) is 9.99. The van der Waals surface area contributed by atoms with Crippen LogP contribution in [0.3, 0.4) is 0 Å². The highest BCUT2D eigenvalue weighted by Crippen LogP contribution is 2.19. The van der Waals surface area contributed by atoms with Crippen LogP contribution in [0, 0.1) is 0 Å². The van der Waals surface area contributed by atoms with Gasteiger partial charge in [-0.25, -0.2) is 0 Å². The summed E-state index contributed by atoms with van der Waals surface area (Å²) in [5.74, 6) is 2.21. The molecular formula is C19H40IN3OS. The quantitative estimate of drug-likeness (QED) is 0.137. The number of hydrogen-bond donors (Lipinski definition) is 2. The number of ether oxygens (including phenoxy) is 1. The van der Waals surface area contributed by atoms with Crippen molar-refractivity contribution in [1.29, 1.82) is 0 Å². The van der Waals surface area contributed by atoms with E-state index in [4.69, 9.17) is 4.74 Å². The van der Waals surface area contributed by atoms with Crippen molar-refractivity contribution in [3.05, 3.63) is 0 Å². The Hall–Kier alpha value is 0.310. The Kier molecular flexibility index (Phi) is 19.3. The average molecular weight is 486 g/mol. The summed E-state index contributed by atoms with van der Waals surface area (Å²) in [6, 6.07) is 0. The Morgan fingerprint density at radius 3 is 2.48 bits per heavy atom. The van der Waals surface area contributed by atoms with Crippen molar-refractivity contribution < 1.29 is 4.74 Å². The van der Waals surface area contributed by atoms with Crippen LogP contribution in [0.4, 0.5) is 0 Å². The van der Waals surface area contributed by atoms with Crippen LogP contribution in [0.1, 0.15) is 71.1 Å². The number of halogens is 1. The molecule has 0 aliphatic heterocycles. The van der Waals surface area contributed by atoms with Gasteiger partial charge in [-0.1, -0.05) is 25.7 Å². The number of unbranched alkanes of at least 4 members (excludes halogenated alkanes) is 2. The highest BCUT2D eigenvalue weighted by atomic mass is 127. The summed E-state index contributed by atoms with van der Waals surface area (Å²) in [6.07, 6.45) is 15.4. The number of aliphatic imine (C=N–C) groups is 1. The molecule has 0 unspecified atom stereocenters. The van der Waals surface area contributed by atoms with Gasteiger partial charge in [0.15, 0.2) is 5.96 Å². The molecule has 0 bridgehead atoms. The molecule has 4 nitrogen and oxygen atoms in total. The van der Waals surface area contributed by atoms with Crippen molar-refractivity contribution in [2.75, 3.05) is 38.2 Å². The van der Waals surface area contributed by atoms with E-state index in [1.54, 1.807) is 0 Å². The van der Waals surface area contributed by atoms with Crippen LogP contribution in [0.25, 0.3) is 0 Å². The zero-order chi connectivity index (χ0) is 17.3. The molecule has 0 heterocycles. The molecule has 0 amide bonds. The molecule has 1 aliphatic carbocycles. The minimum Gasteiger partial charge on any atom is -0.378 e. The highest BCUT2D eigenvalue weighted by Gasteiger charge is 2.11. The predicted molar refractivity (Wildman–Crippen MR) is 124 cm³/mol. The maximum absolute atomic E-state index is 6.04. The van der Waals surface area contributed by atoms with Crippen LogP contribution in [0.15, 0.2) is 4.99 Å². The molecule has 1 rings (SSSR count). The molecule has 0 atom stereocenters. The topological polar surface area (TPSA) is 45.7 Å². The minimum absolute atomic E-state index is 0. The van der Waals surface area contributed by atoms with E-state index in [0.717, 1.165) is 45.0 Å². The molecule has 0 aromatic rings. The summed E-state index contributed by atoms with van der Waals surface area (Å²) in [5, 5.41) is 6.75. The van der Waals surface area contributed by atoms with Crippen molar-refractivity contribution in [2.45, 2.75) is 77.2 Å². The summed E-state index contributed by atoms with van der Waals surface area (Å²) >= 11 is 1.92. The van der Waals surface area contributed by atoms with E-state index >= 15 is 0 Å². The second kappa shape index (κ2) is 19.1. The fourth-order valence-electron chi connectivity index (χ4n) is 2.98. The molecule has 0 saturated heterocycles. The average Bonchev–Trinajstić information content (AvgIpc) is 2.86. The van der Waals surface area contributed by atoms with Gasteiger partial charge in [0, 0.05) is 26.2 Å². The molecule has 0 spiro atoms. The first kappa shape index (κ1) is 25.3. The molecule has 1 aliphatic rings. The van der Waals surface area contributed by atoms with E-state index in [0.29, 0.717) is 6.10 Å². The monoisotopic (exact) mass is 485 g/mol. The maximum atomic E-state index is 6.04. The van der Waals surface area contributed by atoms with Crippen molar-refractivity contribution in [1.82, 2.24) is 10.6 Å². The second-order valence-corrected chi connectivity index (χ2v) is 7.56. The molecular weight excluding hydrogens is 445 g/mol. The number of rotatable bonds is 12. The van der Waals surface area contributed by atoms with Crippen LogP contribution in [0.5, 0.6) is 0 Å². The second-order valence-electron chi connectivity index (χ2n) is 6.58. The summed E-state index contributed by atoms with van der Waals surface area (Å²) in [7, 11) is 0. The fraction of sp³-hybridized carbons (Fsp3) is 0.947. The maximum Gasteiger partial charge on any atom is 0.191 e. The molecule has 2 N–H and O–H groups in total. The lowest BCUT2D eigenvalue weighted by Crippen LogP contribution is -2.37. The van der Waals surface area contributed by atoms with Gasteiger partial charge in [-0.3, -0.25) is 4.99 Å². The molecule has 25 heavy (non-hydrogen) atoms. The van der Waals surface area contributed by atoms with Crippen molar-refractivity contribution >= 4 is 41.7 Å². The van der Waals surface area contributed by atoms with E-state index < -0.39 is 0 Å². The Morgan fingerprint density at radius 1 is 1.04 bits per heavy atom. The van der Waals surface area contributed by atoms with Crippen molar-refractivity contribution in [2.24, 2.45) is 4.99 Å². The Labute approximate surface area is 177 Å². The Bertz CT molecular complexity index is 311. The number of nitrogens with zero attached hydrogens (tertiary/aromatic N) is 1. The molecule has 6 heteroatoms. The van der Waals surface area contributed by atoms with Crippen LogP contribution in [-0.4, -0.2) is 50.3 Å². The number of thioether (sulfide) groups is 1. The third kappa shape index (κ3) is 15.1. The summed E-state index contributed by atoms with van der Waals surface area (Å²) in [5.41, 5.74) is 0. The van der Waals surface area contributed by atoms with Gasteiger partial charge in [0.25, 0.3) is 0 Å². The van der Waals surface area contributed by atoms with Gasteiger partial charge in [0.05, 0.1) is 6.10 Å².